The van der Waals surface area contributed by atoms with Gasteiger partial charge in [0.1, 0.15) is 0 Å². The topological polar surface area (TPSA) is 29.1 Å². The second-order valence-corrected chi connectivity index (χ2v) is 7.75. The minimum absolute atomic E-state index is 0.166. The maximum absolute atomic E-state index is 12.5. The summed E-state index contributed by atoms with van der Waals surface area (Å²) >= 11 is 6.99. The molecule has 0 aliphatic heterocycles. The molecule has 0 heterocycles. The standard InChI is InChI=1S/C15H25Br2NO/c1-15(9-16,10-17)18-14(19)13-7-6-11-4-2-3-5-12(11)8-13/h11-13H,2-10H2,1H3,(H,18,19). The molecule has 1 amide bonds. The Balaban J connectivity index is 1.90. The molecule has 0 aromatic heterocycles. The van der Waals surface area contributed by atoms with Gasteiger partial charge in [-0.2, -0.15) is 0 Å². The van der Waals surface area contributed by atoms with Crippen LogP contribution in [0.15, 0.2) is 0 Å². The van der Waals surface area contributed by atoms with Crippen molar-refractivity contribution in [2.24, 2.45) is 17.8 Å². The smallest absolute Gasteiger partial charge is 0.223 e. The van der Waals surface area contributed by atoms with Crippen molar-refractivity contribution in [3.63, 3.8) is 0 Å². The molecule has 2 aliphatic carbocycles. The van der Waals surface area contributed by atoms with Gasteiger partial charge in [0.2, 0.25) is 5.91 Å². The van der Waals surface area contributed by atoms with Crippen molar-refractivity contribution in [1.29, 1.82) is 0 Å². The molecule has 0 spiro atoms. The summed E-state index contributed by atoms with van der Waals surface area (Å²) in [6.45, 7) is 2.08. The second kappa shape index (κ2) is 6.93. The maximum atomic E-state index is 12.5. The second-order valence-electron chi connectivity index (χ2n) is 6.63. The Labute approximate surface area is 133 Å². The zero-order valence-corrected chi connectivity index (χ0v) is 14.9. The van der Waals surface area contributed by atoms with Crippen LogP contribution in [0.4, 0.5) is 0 Å². The van der Waals surface area contributed by atoms with Crippen LogP contribution in [0.1, 0.15) is 51.9 Å². The summed E-state index contributed by atoms with van der Waals surface area (Å²) < 4.78 is 0. The number of nitrogens with one attached hydrogen (secondary N) is 1. The van der Waals surface area contributed by atoms with Gasteiger partial charge in [-0.25, -0.2) is 0 Å². The van der Waals surface area contributed by atoms with E-state index in [0.29, 0.717) is 0 Å². The van der Waals surface area contributed by atoms with Gasteiger partial charge in [0.05, 0.1) is 5.54 Å². The molecule has 110 valence electrons. The van der Waals surface area contributed by atoms with Gasteiger partial charge in [0.25, 0.3) is 0 Å². The van der Waals surface area contributed by atoms with E-state index in [2.05, 4.69) is 44.1 Å². The van der Waals surface area contributed by atoms with Crippen LogP contribution < -0.4 is 5.32 Å². The van der Waals surface area contributed by atoms with E-state index in [1.54, 1.807) is 0 Å². The highest BCUT2D eigenvalue weighted by molar-refractivity contribution is 9.09. The molecule has 19 heavy (non-hydrogen) atoms. The summed E-state index contributed by atoms with van der Waals surface area (Å²) in [6, 6.07) is 0. The molecular formula is C15H25Br2NO. The predicted octanol–water partition coefficient (Wildman–Crippen LogP) is 4.26. The van der Waals surface area contributed by atoms with Crippen LogP contribution in [-0.4, -0.2) is 22.1 Å². The van der Waals surface area contributed by atoms with E-state index >= 15 is 0 Å². The molecular weight excluding hydrogens is 370 g/mol. The predicted molar refractivity (Wildman–Crippen MR) is 86.9 cm³/mol. The number of carbonyl (C=O) groups excluding carboxylic acids is 1. The van der Waals surface area contributed by atoms with Crippen molar-refractivity contribution in [2.45, 2.75) is 57.4 Å². The first-order valence-electron chi connectivity index (χ1n) is 7.52. The van der Waals surface area contributed by atoms with E-state index in [0.717, 1.165) is 35.3 Å². The minimum atomic E-state index is -0.166. The average Bonchev–Trinajstić information content (AvgIpc) is 2.46. The third-order valence-corrected chi connectivity index (χ3v) is 7.40. The van der Waals surface area contributed by atoms with Crippen LogP contribution in [0.25, 0.3) is 0 Å². The van der Waals surface area contributed by atoms with Crippen molar-refractivity contribution in [3.05, 3.63) is 0 Å². The maximum Gasteiger partial charge on any atom is 0.223 e. The number of halogens is 2. The van der Waals surface area contributed by atoms with Crippen LogP contribution in [-0.2, 0) is 4.79 Å². The first-order valence-corrected chi connectivity index (χ1v) is 9.76. The van der Waals surface area contributed by atoms with Crippen LogP contribution >= 0.6 is 31.9 Å². The summed E-state index contributed by atoms with van der Waals surface area (Å²) in [7, 11) is 0. The molecule has 4 heteroatoms. The summed E-state index contributed by atoms with van der Waals surface area (Å²) in [5.41, 5.74) is -0.166. The lowest BCUT2D eigenvalue weighted by atomic mass is 9.67. The zero-order chi connectivity index (χ0) is 13.9. The minimum Gasteiger partial charge on any atom is -0.349 e. The number of fused-ring (bicyclic) bond motifs is 1. The van der Waals surface area contributed by atoms with E-state index in [9.17, 15) is 4.79 Å². The van der Waals surface area contributed by atoms with E-state index in [4.69, 9.17) is 0 Å². The molecule has 2 aliphatic rings. The molecule has 3 atom stereocenters. The summed E-state index contributed by atoms with van der Waals surface area (Å²) in [5.74, 6) is 2.25. The fourth-order valence-electron chi connectivity index (χ4n) is 3.61. The van der Waals surface area contributed by atoms with Crippen molar-refractivity contribution in [3.8, 4) is 0 Å². The van der Waals surface area contributed by atoms with Crippen molar-refractivity contribution < 1.29 is 4.79 Å². The molecule has 2 rings (SSSR count). The van der Waals surface area contributed by atoms with Crippen LogP contribution in [0, 0.1) is 17.8 Å². The Morgan fingerprint density at radius 2 is 1.74 bits per heavy atom. The fraction of sp³-hybridized carbons (Fsp3) is 0.933. The highest BCUT2D eigenvalue weighted by atomic mass is 79.9. The van der Waals surface area contributed by atoms with Crippen LogP contribution in [0.2, 0.25) is 0 Å². The highest BCUT2D eigenvalue weighted by Crippen LogP contribution is 2.42. The van der Waals surface area contributed by atoms with Crippen molar-refractivity contribution >= 4 is 37.8 Å². The highest BCUT2D eigenvalue weighted by Gasteiger charge is 2.36. The zero-order valence-electron chi connectivity index (χ0n) is 11.8. The molecule has 0 aromatic rings. The Bertz CT molecular complexity index is 317. The molecule has 0 aromatic carbocycles. The van der Waals surface area contributed by atoms with E-state index in [1.807, 2.05) is 0 Å². The average molecular weight is 395 g/mol. The molecule has 1 N–H and O–H groups in total. The fourth-order valence-corrected chi connectivity index (χ4v) is 4.82. The molecule has 2 saturated carbocycles. The Morgan fingerprint density at radius 3 is 2.37 bits per heavy atom. The number of hydrogen-bond donors (Lipinski definition) is 1. The summed E-state index contributed by atoms with van der Waals surface area (Å²) in [4.78, 5) is 12.5. The van der Waals surface area contributed by atoms with Crippen LogP contribution in [0.5, 0.6) is 0 Å². The van der Waals surface area contributed by atoms with E-state index in [1.165, 1.54) is 32.1 Å². The Morgan fingerprint density at radius 1 is 1.11 bits per heavy atom. The van der Waals surface area contributed by atoms with Crippen molar-refractivity contribution in [2.75, 3.05) is 10.7 Å². The van der Waals surface area contributed by atoms with Gasteiger partial charge in [-0.05, 0) is 38.0 Å². The molecule has 2 fully saturated rings. The van der Waals surface area contributed by atoms with Gasteiger partial charge in [-0.1, -0.05) is 57.5 Å². The quantitative estimate of drug-likeness (QED) is 0.709. The number of hydrogen-bond acceptors (Lipinski definition) is 1. The number of amides is 1. The van der Waals surface area contributed by atoms with Gasteiger partial charge in [0.15, 0.2) is 0 Å². The number of carbonyl (C=O) groups is 1. The lowest BCUT2D eigenvalue weighted by molar-refractivity contribution is -0.128. The van der Waals surface area contributed by atoms with Gasteiger partial charge >= 0.3 is 0 Å². The third-order valence-electron chi connectivity index (χ3n) is 4.93. The van der Waals surface area contributed by atoms with Gasteiger partial charge in [0, 0.05) is 16.6 Å². The van der Waals surface area contributed by atoms with E-state index < -0.39 is 0 Å². The lowest BCUT2D eigenvalue weighted by Crippen LogP contribution is -2.51. The molecule has 0 bridgehead atoms. The summed E-state index contributed by atoms with van der Waals surface area (Å²) in [6.07, 6.45) is 9.01. The largest absolute Gasteiger partial charge is 0.349 e. The summed E-state index contributed by atoms with van der Waals surface area (Å²) in [5, 5.41) is 4.80. The van der Waals surface area contributed by atoms with Crippen LogP contribution in [0.3, 0.4) is 0 Å². The Hall–Kier alpha value is 0.430. The monoisotopic (exact) mass is 393 g/mol. The Kier molecular flexibility index (Phi) is 5.77. The third kappa shape index (κ3) is 3.96. The first-order chi connectivity index (χ1) is 9.08. The van der Waals surface area contributed by atoms with E-state index in [-0.39, 0.29) is 17.4 Å². The first kappa shape index (κ1) is 15.8. The normalized spacial score (nSPS) is 31.6. The number of alkyl halides is 2. The van der Waals surface area contributed by atoms with Gasteiger partial charge in [-0.15, -0.1) is 0 Å². The van der Waals surface area contributed by atoms with Crippen molar-refractivity contribution in [1.82, 2.24) is 5.32 Å². The SMILES string of the molecule is CC(CBr)(CBr)NC(=O)C1CCC2CCCCC2C1. The lowest BCUT2D eigenvalue weighted by Gasteiger charge is -2.39. The molecule has 0 radical (unpaired) electrons. The van der Waals surface area contributed by atoms with Gasteiger partial charge in [-0.3, -0.25) is 4.79 Å². The molecule has 0 saturated heterocycles. The molecule has 2 nitrogen and oxygen atoms in total. The van der Waals surface area contributed by atoms with Gasteiger partial charge < -0.3 is 5.32 Å². The number of rotatable bonds is 4. The molecule has 3 unspecified atom stereocenters.